The second-order valence-corrected chi connectivity index (χ2v) is 10.7. The van der Waals surface area contributed by atoms with Gasteiger partial charge in [-0.2, -0.15) is 0 Å². The SMILES string of the molecule is CC(=O)NCCN(CCNC(C)=O)C[C@H](COP(=O)([O-])OC1CCC(C)(C)CC1)NC(C)=O. The molecule has 2 atom stereocenters. The van der Waals surface area contributed by atoms with Crippen molar-refractivity contribution >= 4 is 25.5 Å². The van der Waals surface area contributed by atoms with Gasteiger partial charge in [0.2, 0.25) is 17.7 Å². The van der Waals surface area contributed by atoms with Crippen molar-refractivity contribution in [3.63, 3.8) is 0 Å². The van der Waals surface area contributed by atoms with Gasteiger partial charge in [0.05, 0.1) is 18.8 Å². The van der Waals surface area contributed by atoms with E-state index in [4.69, 9.17) is 9.05 Å². The van der Waals surface area contributed by atoms with Crippen LogP contribution in [0.15, 0.2) is 0 Å². The van der Waals surface area contributed by atoms with Crippen LogP contribution in [-0.4, -0.2) is 74.1 Å². The van der Waals surface area contributed by atoms with Gasteiger partial charge in [0, 0.05) is 53.5 Å². The normalized spacial score (nSPS) is 18.9. The summed E-state index contributed by atoms with van der Waals surface area (Å²) in [5.41, 5.74) is 0.183. The highest BCUT2D eigenvalue weighted by atomic mass is 31.2. The molecule has 0 saturated heterocycles. The first-order valence-electron chi connectivity index (χ1n) is 11.4. The molecule has 0 aromatic rings. The first kappa shape index (κ1) is 29.5. The van der Waals surface area contributed by atoms with Crippen LogP contribution in [0.3, 0.4) is 0 Å². The van der Waals surface area contributed by atoms with E-state index in [0.717, 1.165) is 12.8 Å². The molecule has 192 valence electrons. The lowest BCUT2D eigenvalue weighted by Gasteiger charge is -2.37. The van der Waals surface area contributed by atoms with Crippen LogP contribution < -0.4 is 20.8 Å². The molecule has 0 aliphatic heterocycles. The van der Waals surface area contributed by atoms with Crippen molar-refractivity contribution in [2.24, 2.45) is 5.41 Å². The van der Waals surface area contributed by atoms with Crippen molar-refractivity contribution in [1.29, 1.82) is 0 Å². The van der Waals surface area contributed by atoms with Gasteiger partial charge in [-0.05, 0) is 31.1 Å². The maximum absolute atomic E-state index is 12.4. The van der Waals surface area contributed by atoms with E-state index in [1.165, 1.54) is 20.8 Å². The third kappa shape index (κ3) is 14.4. The molecule has 12 heteroatoms. The summed E-state index contributed by atoms with van der Waals surface area (Å²) in [6.07, 6.45) is 2.66. The van der Waals surface area contributed by atoms with Gasteiger partial charge in [-0.15, -0.1) is 0 Å². The van der Waals surface area contributed by atoms with Gasteiger partial charge >= 0.3 is 0 Å². The molecule has 1 aliphatic rings. The maximum Gasteiger partial charge on any atom is 0.268 e. The fourth-order valence-corrected chi connectivity index (χ4v) is 4.69. The first-order chi connectivity index (χ1) is 15.3. The molecule has 1 fully saturated rings. The maximum atomic E-state index is 12.4. The monoisotopic (exact) mass is 491 g/mol. The number of rotatable bonds is 14. The van der Waals surface area contributed by atoms with E-state index < -0.39 is 20.0 Å². The van der Waals surface area contributed by atoms with Crippen LogP contribution in [0.1, 0.15) is 60.3 Å². The van der Waals surface area contributed by atoms with E-state index in [-0.39, 0.29) is 36.3 Å². The summed E-state index contributed by atoms with van der Waals surface area (Å²) < 4.78 is 22.8. The Labute approximate surface area is 196 Å². The minimum absolute atomic E-state index is 0.172. The lowest BCUT2D eigenvalue weighted by molar-refractivity contribution is -0.231. The largest absolute Gasteiger partial charge is 0.756 e. The van der Waals surface area contributed by atoms with Crippen LogP contribution in [0.4, 0.5) is 0 Å². The number of amides is 3. The molecule has 3 N–H and O–H groups in total. The Balaban J connectivity index is 2.67. The van der Waals surface area contributed by atoms with E-state index in [2.05, 4.69) is 29.8 Å². The van der Waals surface area contributed by atoms with Crippen molar-refractivity contribution < 1.29 is 32.9 Å². The number of phosphoric acid groups is 1. The van der Waals surface area contributed by atoms with E-state index >= 15 is 0 Å². The van der Waals surface area contributed by atoms with Crippen molar-refractivity contribution in [2.75, 3.05) is 39.3 Å². The number of nitrogens with one attached hydrogen (secondary N) is 3. The average molecular weight is 492 g/mol. The molecule has 1 saturated carbocycles. The van der Waals surface area contributed by atoms with Gasteiger partial charge in [-0.1, -0.05) is 13.8 Å². The molecule has 0 radical (unpaired) electrons. The van der Waals surface area contributed by atoms with E-state index in [1.54, 1.807) is 0 Å². The first-order valence-corrected chi connectivity index (χ1v) is 12.9. The second-order valence-electron chi connectivity index (χ2n) is 9.38. The molecule has 0 spiro atoms. The van der Waals surface area contributed by atoms with Crippen LogP contribution in [-0.2, 0) is 28.0 Å². The average Bonchev–Trinajstić information content (AvgIpc) is 2.66. The molecule has 1 rings (SSSR count). The standard InChI is InChI=1S/C21H41N4O7P/c1-16(26)22-10-12-25(13-11-23-17(2)27)14-19(24-18(3)28)15-31-33(29,30)32-20-6-8-21(4,5)9-7-20/h19-20H,6-15H2,1-5H3,(H,22,26)(H,23,27)(H,24,28)(H,29,30)/p-1/t19-/m1/s1. The van der Waals surface area contributed by atoms with E-state index in [0.29, 0.717) is 39.0 Å². The van der Waals surface area contributed by atoms with Gasteiger partial charge in [-0.3, -0.25) is 23.8 Å². The number of hydrogen-bond donors (Lipinski definition) is 3. The summed E-state index contributed by atoms with van der Waals surface area (Å²) in [4.78, 5) is 48.3. The van der Waals surface area contributed by atoms with Crippen LogP contribution in [0.5, 0.6) is 0 Å². The minimum Gasteiger partial charge on any atom is -0.756 e. The van der Waals surface area contributed by atoms with Gasteiger partial charge in [-0.25, -0.2) is 0 Å². The van der Waals surface area contributed by atoms with Crippen molar-refractivity contribution in [3.05, 3.63) is 0 Å². The summed E-state index contributed by atoms with van der Waals surface area (Å²) >= 11 is 0. The van der Waals surface area contributed by atoms with Crippen LogP contribution in [0, 0.1) is 5.41 Å². The zero-order chi connectivity index (χ0) is 25.1. The molecule has 0 heterocycles. The third-order valence-electron chi connectivity index (χ3n) is 5.49. The fourth-order valence-electron chi connectivity index (χ4n) is 3.69. The van der Waals surface area contributed by atoms with Gasteiger partial charge in [0.1, 0.15) is 0 Å². The molecule has 3 amide bonds. The Morgan fingerprint density at radius 2 is 1.55 bits per heavy atom. The topological polar surface area (TPSA) is 149 Å². The van der Waals surface area contributed by atoms with Gasteiger partial charge in [0.15, 0.2) is 0 Å². The molecular weight excluding hydrogens is 451 g/mol. The lowest BCUT2D eigenvalue weighted by Crippen LogP contribution is -2.49. The van der Waals surface area contributed by atoms with Crippen LogP contribution >= 0.6 is 7.82 Å². The third-order valence-corrected chi connectivity index (χ3v) is 6.51. The zero-order valence-electron chi connectivity index (χ0n) is 20.5. The van der Waals surface area contributed by atoms with Crippen LogP contribution in [0.25, 0.3) is 0 Å². The van der Waals surface area contributed by atoms with Gasteiger partial charge < -0.3 is 29.9 Å². The Hall–Kier alpha value is -1.52. The highest BCUT2D eigenvalue weighted by Crippen LogP contribution is 2.45. The quantitative estimate of drug-likeness (QED) is 0.298. The highest BCUT2D eigenvalue weighted by molar-refractivity contribution is 7.45. The Bertz CT molecular complexity index is 674. The Morgan fingerprint density at radius 1 is 1.03 bits per heavy atom. The molecule has 33 heavy (non-hydrogen) atoms. The lowest BCUT2D eigenvalue weighted by atomic mass is 9.76. The molecular formula is C21H40N4O7P-. The fraction of sp³-hybridized carbons (Fsp3) is 0.857. The predicted molar refractivity (Wildman–Crippen MR) is 122 cm³/mol. The summed E-state index contributed by atoms with van der Waals surface area (Å²) in [6.45, 7) is 10.1. The Morgan fingerprint density at radius 3 is 2.00 bits per heavy atom. The number of nitrogens with zero attached hydrogens (tertiary/aromatic N) is 1. The highest BCUT2D eigenvalue weighted by Gasteiger charge is 2.30. The minimum atomic E-state index is -4.55. The predicted octanol–water partition coefficient (Wildman–Crippen LogP) is 0.536. The van der Waals surface area contributed by atoms with Crippen LogP contribution in [0.2, 0.25) is 0 Å². The summed E-state index contributed by atoms with van der Waals surface area (Å²) in [6, 6.07) is -0.631. The van der Waals surface area contributed by atoms with Crippen molar-refractivity contribution in [3.8, 4) is 0 Å². The summed E-state index contributed by atoms with van der Waals surface area (Å²) in [7, 11) is -4.55. The van der Waals surface area contributed by atoms with Crippen molar-refractivity contribution in [2.45, 2.75) is 72.4 Å². The number of carbonyl (C=O) groups excluding carboxylic acids is 3. The second kappa shape index (κ2) is 14.0. The molecule has 1 aliphatic carbocycles. The number of phosphoric ester groups is 1. The smallest absolute Gasteiger partial charge is 0.268 e. The summed E-state index contributed by atoms with van der Waals surface area (Å²) in [5, 5.41) is 8.09. The number of hydrogen-bond acceptors (Lipinski definition) is 8. The van der Waals surface area contributed by atoms with Crippen molar-refractivity contribution in [1.82, 2.24) is 20.9 Å². The molecule has 0 aromatic carbocycles. The Kier molecular flexibility index (Phi) is 12.5. The summed E-state index contributed by atoms with van der Waals surface area (Å²) in [5.74, 6) is -0.674. The zero-order valence-corrected chi connectivity index (χ0v) is 21.4. The number of carbonyl (C=O) groups is 3. The molecule has 0 aromatic heterocycles. The molecule has 11 nitrogen and oxygen atoms in total. The molecule has 1 unspecified atom stereocenters. The van der Waals surface area contributed by atoms with Gasteiger partial charge in [0.25, 0.3) is 7.82 Å². The van der Waals surface area contributed by atoms with E-state index in [1.807, 2.05) is 4.90 Å². The van der Waals surface area contributed by atoms with E-state index in [9.17, 15) is 23.8 Å². The molecule has 0 bridgehead atoms.